The van der Waals surface area contributed by atoms with Crippen LogP contribution in [0.1, 0.15) is 13.8 Å². The predicted molar refractivity (Wildman–Crippen MR) is 40.5 cm³/mol. The highest BCUT2D eigenvalue weighted by Crippen LogP contribution is 2.00. The highest BCUT2D eigenvalue weighted by Gasteiger charge is 2.08. The second kappa shape index (κ2) is 4.60. The molecule has 4 heteroatoms. The highest BCUT2D eigenvalue weighted by atomic mass is 16.5. The number of methoxy groups -OCH3 is 1. The average Bonchev–Trinajstić information content (AvgIpc) is 2.02. The Bertz CT molecular complexity index is 175. The Balaban J connectivity index is 4.22. The quantitative estimate of drug-likeness (QED) is 0.367. The maximum Gasteiger partial charge on any atom is 0.339 e. The van der Waals surface area contributed by atoms with Gasteiger partial charge in [-0.2, -0.15) is 0 Å². The van der Waals surface area contributed by atoms with Gasteiger partial charge in [0, 0.05) is 0 Å². The van der Waals surface area contributed by atoms with Gasteiger partial charge in [-0.3, -0.25) is 0 Å². The molecule has 0 aliphatic rings. The first kappa shape index (κ1) is 9.81. The van der Waals surface area contributed by atoms with E-state index in [1.165, 1.54) is 7.11 Å². The zero-order valence-corrected chi connectivity index (χ0v) is 7.01. The van der Waals surface area contributed by atoms with Crippen LogP contribution in [-0.4, -0.2) is 19.7 Å². The van der Waals surface area contributed by atoms with Crippen molar-refractivity contribution in [3.8, 4) is 0 Å². The van der Waals surface area contributed by atoms with Crippen molar-refractivity contribution in [3.63, 3.8) is 0 Å². The Morgan fingerprint density at radius 3 is 2.45 bits per heavy atom. The fourth-order valence-electron chi connectivity index (χ4n) is 0.493. The van der Waals surface area contributed by atoms with Gasteiger partial charge in [0.1, 0.15) is 0 Å². The Kier molecular flexibility index (Phi) is 4.10. The molecule has 4 nitrogen and oxygen atoms in total. The number of esters is 1. The maximum atomic E-state index is 10.9. The Labute approximate surface area is 66.0 Å². The molecule has 64 valence electrons. The molecular weight excluding hydrogens is 146 g/mol. The van der Waals surface area contributed by atoms with Crippen molar-refractivity contribution in [2.45, 2.75) is 13.8 Å². The van der Waals surface area contributed by atoms with Gasteiger partial charge in [-0.1, -0.05) is 0 Å². The van der Waals surface area contributed by atoms with Crippen LogP contribution >= 0.6 is 0 Å². The fourth-order valence-corrected chi connectivity index (χ4v) is 0.493. The predicted octanol–water partition coefficient (Wildman–Crippen LogP) is 0.386. The molecule has 2 N–H and O–H groups in total. The van der Waals surface area contributed by atoms with E-state index in [9.17, 15) is 4.79 Å². The summed E-state index contributed by atoms with van der Waals surface area (Å²) < 4.78 is 9.31. The summed E-state index contributed by atoms with van der Waals surface area (Å²) in [6, 6.07) is 0. The summed E-state index contributed by atoms with van der Waals surface area (Å²) in [6.07, 6.45) is 0. The lowest BCUT2D eigenvalue weighted by atomic mass is 10.3. The van der Waals surface area contributed by atoms with Gasteiger partial charge in [-0.05, 0) is 13.8 Å². The molecule has 0 saturated carbocycles. The van der Waals surface area contributed by atoms with Crippen LogP contribution in [-0.2, 0) is 14.3 Å². The smallest absolute Gasteiger partial charge is 0.339 e. The molecule has 0 spiro atoms. The van der Waals surface area contributed by atoms with Gasteiger partial charge >= 0.3 is 5.97 Å². The van der Waals surface area contributed by atoms with Crippen LogP contribution in [0.4, 0.5) is 0 Å². The number of rotatable bonds is 3. The minimum atomic E-state index is -0.438. The number of nitrogens with two attached hydrogens (primary N) is 1. The first-order valence-corrected chi connectivity index (χ1v) is 3.31. The largest absolute Gasteiger partial charge is 0.482 e. The van der Waals surface area contributed by atoms with Gasteiger partial charge in [-0.15, -0.1) is 0 Å². The third-order valence-electron chi connectivity index (χ3n) is 1.17. The SMILES string of the molecule is CCOC(=O)/C(C)=C(/N)OC. The van der Waals surface area contributed by atoms with Gasteiger partial charge in [0.25, 0.3) is 0 Å². The molecule has 0 amide bonds. The molecule has 0 aliphatic carbocycles. The third-order valence-corrected chi connectivity index (χ3v) is 1.17. The Morgan fingerprint density at radius 2 is 2.09 bits per heavy atom. The standard InChI is InChI=1S/C7H13NO3/c1-4-11-7(9)5(2)6(8)10-3/h4,8H2,1-3H3/b6-5-. The number of carbonyl (C=O) groups is 1. The van der Waals surface area contributed by atoms with Crippen LogP contribution in [0.5, 0.6) is 0 Å². The van der Waals surface area contributed by atoms with Gasteiger partial charge in [0.15, 0.2) is 5.88 Å². The van der Waals surface area contributed by atoms with E-state index < -0.39 is 5.97 Å². The molecule has 0 radical (unpaired) electrons. The number of carbonyl (C=O) groups excluding carboxylic acids is 1. The molecule has 0 bridgehead atoms. The van der Waals surface area contributed by atoms with Gasteiger partial charge < -0.3 is 15.2 Å². The van der Waals surface area contributed by atoms with Crippen molar-refractivity contribution in [2.24, 2.45) is 5.73 Å². The van der Waals surface area contributed by atoms with Crippen molar-refractivity contribution < 1.29 is 14.3 Å². The summed E-state index contributed by atoms with van der Waals surface area (Å²) in [5.74, 6) is -0.338. The summed E-state index contributed by atoms with van der Waals surface area (Å²) in [5, 5.41) is 0. The van der Waals surface area contributed by atoms with Crippen LogP contribution in [0.2, 0.25) is 0 Å². The molecule has 0 saturated heterocycles. The van der Waals surface area contributed by atoms with E-state index in [4.69, 9.17) is 5.73 Å². The molecule has 0 fully saturated rings. The Morgan fingerprint density at radius 1 is 1.55 bits per heavy atom. The van der Waals surface area contributed by atoms with Crippen molar-refractivity contribution in [2.75, 3.05) is 13.7 Å². The molecule has 0 atom stereocenters. The van der Waals surface area contributed by atoms with E-state index in [0.29, 0.717) is 12.2 Å². The minimum Gasteiger partial charge on any atom is -0.482 e. The molecule has 0 aromatic carbocycles. The van der Waals surface area contributed by atoms with Crippen LogP contribution in [0.15, 0.2) is 11.5 Å². The van der Waals surface area contributed by atoms with E-state index in [-0.39, 0.29) is 5.88 Å². The second-order valence-electron chi connectivity index (χ2n) is 1.91. The second-order valence-corrected chi connectivity index (χ2v) is 1.91. The van der Waals surface area contributed by atoms with Crippen molar-refractivity contribution in [1.82, 2.24) is 0 Å². The number of hydrogen-bond donors (Lipinski definition) is 1. The third kappa shape index (κ3) is 2.93. The molecule has 11 heavy (non-hydrogen) atoms. The zero-order chi connectivity index (χ0) is 8.85. The molecule has 0 heterocycles. The lowest BCUT2D eigenvalue weighted by molar-refractivity contribution is -0.138. The van der Waals surface area contributed by atoms with Crippen molar-refractivity contribution >= 4 is 5.97 Å². The van der Waals surface area contributed by atoms with E-state index in [0.717, 1.165) is 0 Å². The lowest BCUT2D eigenvalue weighted by Gasteiger charge is -2.04. The first-order valence-electron chi connectivity index (χ1n) is 3.31. The Hall–Kier alpha value is -1.19. The van der Waals surface area contributed by atoms with E-state index in [1.807, 2.05) is 0 Å². The van der Waals surface area contributed by atoms with E-state index >= 15 is 0 Å². The van der Waals surface area contributed by atoms with E-state index in [1.54, 1.807) is 13.8 Å². The summed E-state index contributed by atoms with van der Waals surface area (Å²) >= 11 is 0. The fraction of sp³-hybridized carbons (Fsp3) is 0.571. The molecule has 0 aromatic heterocycles. The van der Waals surface area contributed by atoms with Gasteiger partial charge in [-0.25, -0.2) is 4.79 Å². The molecule has 0 aliphatic heterocycles. The lowest BCUT2D eigenvalue weighted by Crippen LogP contribution is -2.12. The normalized spacial score (nSPS) is 11.9. The topological polar surface area (TPSA) is 61.5 Å². The zero-order valence-electron chi connectivity index (χ0n) is 7.01. The van der Waals surface area contributed by atoms with Crippen LogP contribution in [0.25, 0.3) is 0 Å². The van der Waals surface area contributed by atoms with Crippen LogP contribution in [0, 0.1) is 0 Å². The van der Waals surface area contributed by atoms with Gasteiger partial charge in [0.2, 0.25) is 0 Å². The molecule has 0 aromatic rings. The van der Waals surface area contributed by atoms with Crippen molar-refractivity contribution in [3.05, 3.63) is 11.5 Å². The summed E-state index contributed by atoms with van der Waals surface area (Å²) in [6.45, 7) is 3.62. The summed E-state index contributed by atoms with van der Waals surface area (Å²) in [7, 11) is 1.40. The molecule has 0 rings (SSSR count). The van der Waals surface area contributed by atoms with Crippen LogP contribution < -0.4 is 5.73 Å². The van der Waals surface area contributed by atoms with Gasteiger partial charge in [0.05, 0.1) is 19.3 Å². The highest BCUT2D eigenvalue weighted by molar-refractivity contribution is 5.88. The molecule has 0 unspecified atom stereocenters. The average molecular weight is 159 g/mol. The number of hydrogen-bond acceptors (Lipinski definition) is 4. The van der Waals surface area contributed by atoms with Crippen molar-refractivity contribution in [1.29, 1.82) is 0 Å². The summed E-state index contributed by atoms with van der Waals surface area (Å²) in [5.41, 5.74) is 5.60. The monoisotopic (exact) mass is 159 g/mol. The van der Waals surface area contributed by atoms with E-state index in [2.05, 4.69) is 9.47 Å². The number of ether oxygens (including phenoxy) is 2. The first-order chi connectivity index (χ1) is 5.13. The minimum absolute atomic E-state index is 0.100. The van der Waals surface area contributed by atoms with Crippen LogP contribution in [0.3, 0.4) is 0 Å². The summed E-state index contributed by atoms with van der Waals surface area (Å²) in [4.78, 5) is 10.9. The maximum absolute atomic E-state index is 10.9. The molecular formula is C7H13NO3.